The molecule has 0 unspecified atom stereocenters. The quantitative estimate of drug-likeness (QED) is 0.666. The first-order chi connectivity index (χ1) is 9.43. The number of nitrogens with two attached hydrogens (primary N) is 1. The van der Waals surface area contributed by atoms with Gasteiger partial charge >= 0.3 is 0 Å². The highest BCUT2D eigenvalue weighted by Gasteiger charge is 2.26. The largest absolute Gasteiger partial charge is 0.389 e. The van der Waals surface area contributed by atoms with Gasteiger partial charge in [-0.25, -0.2) is 8.42 Å². The van der Waals surface area contributed by atoms with Crippen molar-refractivity contribution in [2.24, 2.45) is 5.73 Å². The van der Waals surface area contributed by atoms with Crippen LogP contribution in [0.5, 0.6) is 0 Å². The molecule has 0 aliphatic heterocycles. The highest BCUT2D eigenvalue weighted by atomic mass is 32.2. The minimum atomic E-state index is -3.58. The highest BCUT2D eigenvalue weighted by molar-refractivity contribution is 7.91. The van der Waals surface area contributed by atoms with Gasteiger partial charge in [-0.2, -0.15) is 4.31 Å². The first-order valence-electron chi connectivity index (χ1n) is 5.81. The van der Waals surface area contributed by atoms with E-state index in [0.717, 1.165) is 11.3 Å². The van der Waals surface area contributed by atoms with Gasteiger partial charge in [0.1, 0.15) is 9.20 Å². The summed E-state index contributed by atoms with van der Waals surface area (Å²) in [7, 11) is -0.532. The lowest BCUT2D eigenvalue weighted by molar-refractivity contribution is 0.150. The van der Waals surface area contributed by atoms with Crippen LogP contribution in [0.4, 0.5) is 0 Å². The van der Waals surface area contributed by atoms with Crippen LogP contribution in [0.2, 0.25) is 0 Å². The number of methoxy groups -OCH3 is 2. The van der Waals surface area contributed by atoms with Crippen molar-refractivity contribution in [2.75, 3.05) is 40.5 Å². The van der Waals surface area contributed by atoms with Gasteiger partial charge in [-0.1, -0.05) is 12.2 Å². The van der Waals surface area contributed by atoms with Crippen molar-refractivity contribution in [3.05, 3.63) is 17.0 Å². The van der Waals surface area contributed by atoms with E-state index in [0.29, 0.717) is 18.1 Å². The van der Waals surface area contributed by atoms with Crippen LogP contribution < -0.4 is 5.73 Å². The maximum atomic E-state index is 12.5. The molecule has 0 aliphatic carbocycles. The number of thiophene rings is 1. The predicted molar refractivity (Wildman–Crippen MR) is 82.7 cm³/mol. The Morgan fingerprint density at radius 2 is 1.85 bits per heavy atom. The van der Waals surface area contributed by atoms with E-state index in [-0.39, 0.29) is 22.3 Å². The maximum Gasteiger partial charge on any atom is 0.252 e. The van der Waals surface area contributed by atoms with Crippen LogP contribution in [-0.2, 0) is 19.5 Å². The zero-order valence-electron chi connectivity index (χ0n) is 11.4. The fourth-order valence-electron chi connectivity index (χ4n) is 1.46. The Kier molecular flexibility index (Phi) is 7.00. The van der Waals surface area contributed by atoms with Crippen LogP contribution >= 0.6 is 23.6 Å². The molecule has 0 amide bonds. The lowest BCUT2D eigenvalue weighted by Gasteiger charge is -2.20. The second-order valence-corrected chi connectivity index (χ2v) is 7.56. The number of hydrogen-bond donors (Lipinski definition) is 1. The molecular formula is C11H18N2O4S3. The molecule has 0 fully saturated rings. The first-order valence-corrected chi connectivity index (χ1v) is 8.47. The molecule has 2 N–H and O–H groups in total. The van der Waals surface area contributed by atoms with E-state index in [4.69, 9.17) is 27.4 Å². The lowest BCUT2D eigenvalue weighted by atomic mass is 10.5. The van der Waals surface area contributed by atoms with E-state index < -0.39 is 10.0 Å². The Labute approximate surface area is 128 Å². The summed E-state index contributed by atoms with van der Waals surface area (Å²) in [6, 6.07) is 3.13. The second-order valence-electron chi connectivity index (χ2n) is 3.87. The molecule has 6 nitrogen and oxygen atoms in total. The van der Waals surface area contributed by atoms with Gasteiger partial charge in [0, 0.05) is 27.3 Å². The van der Waals surface area contributed by atoms with Crippen LogP contribution in [-0.4, -0.2) is 58.2 Å². The Morgan fingerprint density at radius 1 is 1.30 bits per heavy atom. The number of thiocarbonyl (C=S) groups is 1. The van der Waals surface area contributed by atoms with Gasteiger partial charge in [0.15, 0.2) is 0 Å². The Bertz CT molecular complexity index is 534. The summed E-state index contributed by atoms with van der Waals surface area (Å²) in [6.07, 6.45) is 0. The van der Waals surface area contributed by atoms with Gasteiger partial charge < -0.3 is 15.2 Å². The van der Waals surface area contributed by atoms with Crippen molar-refractivity contribution >= 4 is 38.6 Å². The number of rotatable bonds is 9. The van der Waals surface area contributed by atoms with Crippen molar-refractivity contribution in [1.82, 2.24) is 4.31 Å². The van der Waals surface area contributed by atoms with Gasteiger partial charge in [-0.3, -0.25) is 0 Å². The number of ether oxygens (including phenoxy) is 2. The van der Waals surface area contributed by atoms with Crippen molar-refractivity contribution < 1.29 is 17.9 Å². The molecule has 1 aromatic heterocycles. The molecule has 9 heteroatoms. The van der Waals surface area contributed by atoms with Gasteiger partial charge in [0.05, 0.1) is 18.1 Å². The number of sulfonamides is 1. The maximum absolute atomic E-state index is 12.5. The molecule has 0 atom stereocenters. The predicted octanol–water partition coefficient (Wildman–Crippen LogP) is 0.666. The van der Waals surface area contributed by atoms with E-state index in [1.54, 1.807) is 6.07 Å². The van der Waals surface area contributed by atoms with Crippen LogP contribution in [0.15, 0.2) is 16.3 Å². The number of nitrogens with zero attached hydrogens (tertiary/aromatic N) is 1. The number of hydrogen-bond acceptors (Lipinski definition) is 6. The van der Waals surface area contributed by atoms with Crippen LogP contribution in [0.1, 0.15) is 4.88 Å². The van der Waals surface area contributed by atoms with Gasteiger partial charge in [0.25, 0.3) is 10.0 Å². The van der Waals surface area contributed by atoms with Crippen LogP contribution in [0, 0.1) is 0 Å². The monoisotopic (exact) mass is 338 g/mol. The van der Waals surface area contributed by atoms with E-state index in [9.17, 15) is 8.42 Å². The molecule has 0 bridgehead atoms. The molecular weight excluding hydrogens is 320 g/mol. The van der Waals surface area contributed by atoms with Crippen molar-refractivity contribution in [3.63, 3.8) is 0 Å². The molecule has 114 valence electrons. The minimum Gasteiger partial charge on any atom is -0.389 e. The topological polar surface area (TPSA) is 81.9 Å². The highest BCUT2D eigenvalue weighted by Crippen LogP contribution is 2.24. The lowest BCUT2D eigenvalue weighted by Crippen LogP contribution is -2.36. The fraction of sp³-hybridized carbons (Fsp3) is 0.545. The normalized spacial score (nSPS) is 11.9. The standard InChI is InChI=1S/C11H18N2O4S3/c1-16-7-5-13(6-8-17-2)20(14,15)10-4-3-9(19-10)11(12)18/h3-4H,5-8H2,1-2H3,(H2,12,18). The Morgan fingerprint density at radius 3 is 2.25 bits per heavy atom. The molecule has 0 aliphatic rings. The van der Waals surface area contributed by atoms with E-state index >= 15 is 0 Å². The summed E-state index contributed by atoms with van der Waals surface area (Å²) in [6.45, 7) is 1.16. The molecule has 0 saturated carbocycles. The zero-order chi connectivity index (χ0) is 15.2. The molecule has 1 rings (SSSR count). The van der Waals surface area contributed by atoms with Crippen molar-refractivity contribution in [2.45, 2.75) is 4.21 Å². The van der Waals surface area contributed by atoms with Gasteiger partial charge in [-0.05, 0) is 12.1 Å². The second kappa shape index (κ2) is 8.01. The average Bonchev–Trinajstić information content (AvgIpc) is 2.89. The summed E-state index contributed by atoms with van der Waals surface area (Å²) in [4.78, 5) is 0.772. The summed E-state index contributed by atoms with van der Waals surface area (Å²) >= 11 is 5.91. The van der Waals surface area contributed by atoms with Gasteiger partial charge in [0.2, 0.25) is 0 Å². The molecule has 0 radical (unpaired) electrons. The Hall–Kier alpha value is -0.580. The van der Waals surface area contributed by atoms with E-state index in [1.807, 2.05) is 0 Å². The summed E-state index contributed by atoms with van der Waals surface area (Å²) in [5, 5.41) is 0. The molecule has 1 heterocycles. The smallest absolute Gasteiger partial charge is 0.252 e. The molecule has 1 aromatic rings. The Balaban J connectivity index is 2.97. The van der Waals surface area contributed by atoms with Crippen molar-refractivity contribution in [1.29, 1.82) is 0 Å². The first kappa shape index (κ1) is 17.5. The minimum absolute atomic E-state index is 0.191. The SMILES string of the molecule is COCCN(CCOC)S(=O)(=O)c1ccc(C(N)=S)s1. The molecule has 0 spiro atoms. The van der Waals surface area contributed by atoms with E-state index in [2.05, 4.69) is 0 Å². The van der Waals surface area contributed by atoms with E-state index in [1.165, 1.54) is 24.6 Å². The zero-order valence-corrected chi connectivity index (χ0v) is 13.8. The van der Waals surface area contributed by atoms with Crippen LogP contribution in [0.3, 0.4) is 0 Å². The van der Waals surface area contributed by atoms with Crippen molar-refractivity contribution in [3.8, 4) is 0 Å². The third-order valence-electron chi connectivity index (χ3n) is 2.51. The third kappa shape index (κ3) is 4.47. The third-order valence-corrected chi connectivity index (χ3v) is 6.34. The molecule has 20 heavy (non-hydrogen) atoms. The molecule has 0 aromatic carbocycles. The molecule has 0 saturated heterocycles. The fourth-order valence-corrected chi connectivity index (χ4v) is 4.37. The summed E-state index contributed by atoms with van der Waals surface area (Å²) in [5.41, 5.74) is 5.50. The van der Waals surface area contributed by atoms with Gasteiger partial charge in [-0.15, -0.1) is 11.3 Å². The average molecular weight is 338 g/mol. The van der Waals surface area contributed by atoms with Crippen LogP contribution in [0.25, 0.3) is 0 Å². The summed E-state index contributed by atoms with van der Waals surface area (Å²) < 4.78 is 36.5. The summed E-state index contributed by atoms with van der Waals surface area (Å²) in [5.74, 6) is 0.